The second kappa shape index (κ2) is 4.78. The molecule has 17 heavy (non-hydrogen) atoms. The smallest absolute Gasteiger partial charge is 0.0543 e. The maximum atomic E-state index is 5.73. The summed E-state index contributed by atoms with van der Waals surface area (Å²) in [6.07, 6.45) is 6.54. The average molecular weight is 236 g/mol. The van der Waals surface area contributed by atoms with Crippen LogP contribution in [0.1, 0.15) is 45.1 Å². The minimum absolute atomic E-state index is 0.0679. The molecule has 1 aromatic rings. The van der Waals surface area contributed by atoms with Crippen molar-refractivity contribution in [2.45, 2.75) is 51.1 Å². The number of nitrogens with two attached hydrogens (primary N) is 1. The van der Waals surface area contributed by atoms with E-state index in [4.69, 9.17) is 5.73 Å². The highest BCUT2D eigenvalue weighted by molar-refractivity contribution is 5.14. The van der Waals surface area contributed by atoms with Gasteiger partial charge in [-0.05, 0) is 51.6 Å². The van der Waals surface area contributed by atoms with E-state index in [0.29, 0.717) is 12.0 Å². The highest BCUT2D eigenvalue weighted by Gasteiger charge is 2.24. The first-order chi connectivity index (χ1) is 8.00. The Balaban J connectivity index is 2.09. The van der Waals surface area contributed by atoms with Gasteiger partial charge in [-0.2, -0.15) is 5.10 Å². The van der Waals surface area contributed by atoms with Gasteiger partial charge in [0, 0.05) is 18.8 Å². The van der Waals surface area contributed by atoms with E-state index in [0.717, 1.165) is 19.5 Å². The summed E-state index contributed by atoms with van der Waals surface area (Å²) in [6.45, 7) is 8.32. The molecule has 1 saturated heterocycles. The van der Waals surface area contributed by atoms with Crippen molar-refractivity contribution in [2.24, 2.45) is 5.73 Å². The fourth-order valence-corrected chi connectivity index (χ4v) is 2.40. The topological polar surface area (TPSA) is 55.9 Å². The molecule has 3 N–H and O–H groups in total. The highest BCUT2D eigenvalue weighted by atomic mass is 15.3. The minimum Gasteiger partial charge on any atom is -0.329 e. The standard InChI is InChI=1S/C13H24N4/c1-13(2,3)17-9-11(8-16-17)10-4-5-15-12(6-10)7-14/h8-10,12,15H,4-7,14H2,1-3H3. The van der Waals surface area contributed by atoms with Gasteiger partial charge >= 0.3 is 0 Å². The Bertz CT molecular complexity index is 364. The average Bonchev–Trinajstić information content (AvgIpc) is 2.78. The molecule has 96 valence electrons. The lowest BCUT2D eigenvalue weighted by molar-refractivity contribution is 0.351. The van der Waals surface area contributed by atoms with Gasteiger partial charge in [-0.3, -0.25) is 4.68 Å². The molecule has 2 atom stereocenters. The first-order valence-corrected chi connectivity index (χ1v) is 6.49. The molecule has 2 heterocycles. The molecule has 0 aromatic carbocycles. The second-order valence-electron chi connectivity index (χ2n) is 6.00. The van der Waals surface area contributed by atoms with E-state index in [1.165, 1.54) is 12.0 Å². The third-order valence-electron chi connectivity index (χ3n) is 3.54. The van der Waals surface area contributed by atoms with Gasteiger partial charge in [0.05, 0.1) is 11.7 Å². The molecule has 1 aliphatic rings. The Labute approximate surface area is 104 Å². The maximum Gasteiger partial charge on any atom is 0.0543 e. The summed E-state index contributed by atoms with van der Waals surface area (Å²) < 4.78 is 2.06. The first-order valence-electron chi connectivity index (χ1n) is 6.49. The van der Waals surface area contributed by atoms with Crippen molar-refractivity contribution in [3.8, 4) is 0 Å². The lowest BCUT2D eigenvalue weighted by atomic mass is 9.88. The van der Waals surface area contributed by atoms with Crippen molar-refractivity contribution in [1.82, 2.24) is 15.1 Å². The minimum atomic E-state index is 0.0679. The van der Waals surface area contributed by atoms with Gasteiger partial charge in [0.25, 0.3) is 0 Å². The lowest BCUT2D eigenvalue weighted by Gasteiger charge is -2.29. The zero-order valence-corrected chi connectivity index (χ0v) is 11.1. The van der Waals surface area contributed by atoms with Crippen LogP contribution in [0.3, 0.4) is 0 Å². The van der Waals surface area contributed by atoms with Crippen LogP contribution in [0.4, 0.5) is 0 Å². The summed E-state index contributed by atoms with van der Waals surface area (Å²) >= 11 is 0. The largest absolute Gasteiger partial charge is 0.329 e. The summed E-state index contributed by atoms with van der Waals surface area (Å²) in [5.74, 6) is 0.612. The van der Waals surface area contributed by atoms with Gasteiger partial charge in [-0.1, -0.05) is 0 Å². The second-order valence-corrected chi connectivity index (χ2v) is 6.00. The van der Waals surface area contributed by atoms with Crippen LogP contribution in [0.5, 0.6) is 0 Å². The predicted molar refractivity (Wildman–Crippen MR) is 70.0 cm³/mol. The number of rotatable bonds is 2. The summed E-state index contributed by atoms with van der Waals surface area (Å²) in [5.41, 5.74) is 7.16. The molecule has 0 saturated carbocycles. The molecule has 0 amide bonds. The predicted octanol–water partition coefficient (Wildman–Crippen LogP) is 1.43. The molecule has 0 aliphatic carbocycles. The molecule has 0 radical (unpaired) electrons. The third-order valence-corrected chi connectivity index (χ3v) is 3.54. The molecule has 0 bridgehead atoms. The highest BCUT2D eigenvalue weighted by Crippen LogP contribution is 2.28. The van der Waals surface area contributed by atoms with E-state index in [9.17, 15) is 0 Å². The Morgan fingerprint density at radius 3 is 2.88 bits per heavy atom. The Morgan fingerprint density at radius 2 is 2.29 bits per heavy atom. The molecule has 2 unspecified atom stereocenters. The molecule has 4 nitrogen and oxygen atoms in total. The van der Waals surface area contributed by atoms with Crippen LogP contribution in [0, 0.1) is 0 Å². The van der Waals surface area contributed by atoms with Gasteiger partial charge < -0.3 is 11.1 Å². The molecular formula is C13H24N4. The SMILES string of the molecule is CC(C)(C)n1cc(C2CCNC(CN)C2)cn1. The van der Waals surface area contributed by atoms with Gasteiger partial charge in [-0.25, -0.2) is 0 Å². The Kier molecular flexibility index (Phi) is 3.54. The van der Waals surface area contributed by atoms with Gasteiger partial charge in [0.1, 0.15) is 0 Å². The van der Waals surface area contributed by atoms with Crippen LogP contribution >= 0.6 is 0 Å². The molecule has 1 fully saturated rings. The summed E-state index contributed by atoms with van der Waals surface area (Å²) in [4.78, 5) is 0. The number of aromatic nitrogens is 2. The number of nitrogens with one attached hydrogen (secondary N) is 1. The monoisotopic (exact) mass is 236 g/mol. The van der Waals surface area contributed by atoms with Crippen molar-refractivity contribution in [1.29, 1.82) is 0 Å². The number of nitrogens with zero attached hydrogens (tertiary/aromatic N) is 2. The fraction of sp³-hybridized carbons (Fsp3) is 0.769. The molecular weight excluding hydrogens is 212 g/mol. The molecule has 1 aromatic heterocycles. The van der Waals surface area contributed by atoms with Crippen LogP contribution < -0.4 is 11.1 Å². The van der Waals surface area contributed by atoms with Crippen molar-refractivity contribution in [3.63, 3.8) is 0 Å². The fourth-order valence-electron chi connectivity index (χ4n) is 2.40. The molecule has 0 spiro atoms. The van der Waals surface area contributed by atoms with Crippen LogP contribution in [0.15, 0.2) is 12.4 Å². The van der Waals surface area contributed by atoms with E-state index >= 15 is 0 Å². The number of hydrogen-bond acceptors (Lipinski definition) is 3. The first kappa shape index (κ1) is 12.6. The van der Waals surface area contributed by atoms with Crippen molar-refractivity contribution < 1.29 is 0 Å². The van der Waals surface area contributed by atoms with E-state index in [1.54, 1.807) is 0 Å². The number of piperidine rings is 1. The van der Waals surface area contributed by atoms with Gasteiger partial charge in [-0.15, -0.1) is 0 Å². The van der Waals surface area contributed by atoms with Gasteiger partial charge in [0.15, 0.2) is 0 Å². The van der Waals surface area contributed by atoms with E-state index < -0.39 is 0 Å². The van der Waals surface area contributed by atoms with E-state index in [1.807, 2.05) is 6.20 Å². The lowest BCUT2D eigenvalue weighted by Crippen LogP contribution is -2.42. The Hall–Kier alpha value is -0.870. The summed E-state index contributed by atoms with van der Waals surface area (Å²) in [7, 11) is 0. The van der Waals surface area contributed by atoms with Crippen molar-refractivity contribution in [2.75, 3.05) is 13.1 Å². The van der Waals surface area contributed by atoms with E-state index in [-0.39, 0.29) is 5.54 Å². The van der Waals surface area contributed by atoms with Crippen molar-refractivity contribution >= 4 is 0 Å². The third kappa shape index (κ3) is 2.87. The van der Waals surface area contributed by atoms with Crippen LogP contribution in [0.2, 0.25) is 0 Å². The van der Waals surface area contributed by atoms with Crippen LogP contribution in [0.25, 0.3) is 0 Å². The summed E-state index contributed by atoms with van der Waals surface area (Å²) in [6, 6.07) is 0.465. The molecule has 1 aliphatic heterocycles. The zero-order valence-electron chi connectivity index (χ0n) is 11.1. The summed E-state index contributed by atoms with van der Waals surface area (Å²) in [5, 5.41) is 7.93. The molecule has 2 rings (SSSR count). The van der Waals surface area contributed by atoms with Crippen LogP contribution in [-0.2, 0) is 5.54 Å². The zero-order chi connectivity index (χ0) is 12.5. The van der Waals surface area contributed by atoms with E-state index in [2.05, 4.69) is 42.1 Å². The number of hydrogen-bond donors (Lipinski definition) is 2. The molecule has 4 heteroatoms. The van der Waals surface area contributed by atoms with Crippen LogP contribution in [-0.4, -0.2) is 28.9 Å². The normalized spacial score (nSPS) is 26.1. The Morgan fingerprint density at radius 1 is 1.53 bits per heavy atom. The quantitative estimate of drug-likeness (QED) is 0.817. The van der Waals surface area contributed by atoms with Gasteiger partial charge in [0.2, 0.25) is 0 Å². The van der Waals surface area contributed by atoms with Crippen molar-refractivity contribution in [3.05, 3.63) is 18.0 Å². The maximum absolute atomic E-state index is 5.73.